The van der Waals surface area contributed by atoms with E-state index in [1.54, 1.807) is 0 Å². The molecule has 0 aliphatic carbocycles. The molecule has 114 valence electrons. The minimum atomic E-state index is 0.610. The fourth-order valence-corrected chi connectivity index (χ4v) is 2.79. The smallest absolute Gasteiger partial charge is 0.130 e. The first kappa shape index (κ1) is 13.5. The average Bonchev–Trinajstić information content (AvgIpc) is 3.15. The molecular formula is C17H15N5O. The predicted molar refractivity (Wildman–Crippen MR) is 85.8 cm³/mol. The second-order valence-electron chi connectivity index (χ2n) is 5.51. The normalized spacial score (nSPS) is 11.2. The van der Waals surface area contributed by atoms with Crippen LogP contribution in [0, 0.1) is 6.92 Å². The molecule has 0 atom stereocenters. The Morgan fingerprint density at radius 2 is 2.00 bits per heavy atom. The number of benzene rings is 2. The van der Waals surface area contributed by atoms with E-state index in [9.17, 15) is 5.21 Å². The third kappa shape index (κ3) is 2.34. The van der Waals surface area contributed by atoms with Crippen LogP contribution < -0.4 is 0 Å². The standard InChI is InChI=1S/C17H15N5O/c1-12-10-18-11-21(12)16-5-3-2-4-14(16)8-13-6-7-15-17(9-13)22(23)20-19-15/h2-7,9-11,23H,8H2,1H3. The van der Waals surface area contributed by atoms with Gasteiger partial charge in [0.1, 0.15) is 11.0 Å². The number of nitrogens with zero attached hydrogens (tertiary/aromatic N) is 5. The van der Waals surface area contributed by atoms with Crippen molar-refractivity contribution in [3.63, 3.8) is 0 Å². The maximum atomic E-state index is 9.67. The van der Waals surface area contributed by atoms with Gasteiger partial charge in [-0.05, 0) is 47.9 Å². The molecule has 0 fully saturated rings. The van der Waals surface area contributed by atoms with Crippen LogP contribution in [0.2, 0.25) is 0 Å². The van der Waals surface area contributed by atoms with Crippen LogP contribution in [0.25, 0.3) is 16.7 Å². The van der Waals surface area contributed by atoms with Gasteiger partial charge in [0.25, 0.3) is 0 Å². The van der Waals surface area contributed by atoms with E-state index in [0.717, 1.165) is 28.2 Å². The largest absolute Gasteiger partial charge is 0.410 e. The van der Waals surface area contributed by atoms with E-state index in [-0.39, 0.29) is 0 Å². The summed E-state index contributed by atoms with van der Waals surface area (Å²) in [7, 11) is 0. The van der Waals surface area contributed by atoms with Gasteiger partial charge in [-0.1, -0.05) is 29.1 Å². The van der Waals surface area contributed by atoms with Gasteiger partial charge in [-0.25, -0.2) is 4.98 Å². The third-order valence-electron chi connectivity index (χ3n) is 3.96. The summed E-state index contributed by atoms with van der Waals surface area (Å²) >= 11 is 0. The van der Waals surface area contributed by atoms with Gasteiger partial charge in [0.2, 0.25) is 0 Å². The highest BCUT2D eigenvalue weighted by molar-refractivity contribution is 5.74. The van der Waals surface area contributed by atoms with E-state index >= 15 is 0 Å². The number of aromatic nitrogens is 5. The van der Waals surface area contributed by atoms with Crippen molar-refractivity contribution >= 4 is 11.0 Å². The zero-order chi connectivity index (χ0) is 15.8. The van der Waals surface area contributed by atoms with Crippen molar-refractivity contribution < 1.29 is 5.21 Å². The summed E-state index contributed by atoms with van der Waals surface area (Å²) in [5.74, 6) is 0. The lowest BCUT2D eigenvalue weighted by atomic mass is 10.0. The summed E-state index contributed by atoms with van der Waals surface area (Å²) in [6.45, 7) is 2.03. The molecule has 2 heterocycles. The minimum Gasteiger partial charge on any atom is -0.410 e. The molecular weight excluding hydrogens is 290 g/mol. The Hall–Kier alpha value is -3.15. The van der Waals surface area contributed by atoms with E-state index in [2.05, 4.69) is 32.0 Å². The Labute approximate surface area is 132 Å². The third-order valence-corrected chi connectivity index (χ3v) is 3.96. The topological polar surface area (TPSA) is 68.8 Å². The molecule has 6 heteroatoms. The Kier molecular flexibility index (Phi) is 3.08. The van der Waals surface area contributed by atoms with E-state index in [1.165, 1.54) is 5.56 Å². The molecule has 23 heavy (non-hydrogen) atoms. The first-order valence-electron chi connectivity index (χ1n) is 7.33. The molecule has 0 aliphatic heterocycles. The molecule has 0 radical (unpaired) electrons. The van der Waals surface area contributed by atoms with Crippen molar-refractivity contribution in [2.75, 3.05) is 0 Å². The molecule has 0 spiro atoms. The highest BCUT2D eigenvalue weighted by Crippen LogP contribution is 2.21. The van der Waals surface area contributed by atoms with Crippen LogP contribution >= 0.6 is 0 Å². The highest BCUT2D eigenvalue weighted by atomic mass is 16.5. The number of para-hydroxylation sites is 1. The molecule has 0 saturated carbocycles. The van der Waals surface area contributed by atoms with Crippen LogP contribution in [0.3, 0.4) is 0 Å². The number of hydrogen-bond acceptors (Lipinski definition) is 4. The molecule has 0 aliphatic rings. The Balaban J connectivity index is 1.76. The van der Waals surface area contributed by atoms with Gasteiger partial charge in [-0.2, -0.15) is 0 Å². The highest BCUT2D eigenvalue weighted by Gasteiger charge is 2.09. The van der Waals surface area contributed by atoms with E-state index in [4.69, 9.17) is 0 Å². The van der Waals surface area contributed by atoms with Crippen molar-refractivity contribution in [2.24, 2.45) is 0 Å². The molecule has 4 aromatic rings. The van der Waals surface area contributed by atoms with Gasteiger partial charge < -0.3 is 9.77 Å². The lowest BCUT2D eigenvalue weighted by Crippen LogP contribution is -2.01. The second kappa shape index (κ2) is 5.24. The van der Waals surface area contributed by atoms with Gasteiger partial charge in [0.05, 0.1) is 12.0 Å². The van der Waals surface area contributed by atoms with Crippen LogP contribution in [0.4, 0.5) is 0 Å². The molecule has 0 saturated heterocycles. The summed E-state index contributed by atoms with van der Waals surface area (Å²) in [5, 5.41) is 17.2. The van der Waals surface area contributed by atoms with Crippen molar-refractivity contribution in [3.8, 4) is 5.69 Å². The lowest BCUT2D eigenvalue weighted by molar-refractivity contribution is 0.154. The minimum absolute atomic E-state index is 0.610. The molecule has 4 rings (SSSR count). The first-order chi connectivity index (χ1) is 11.2. The van der Waals surface area contributed by atoms with Crippen LogP contribution in [0.1, 0.15) is 16.8 Å². The van der Waals surface area contributed by atoms with E-state index < -0.39 is 0 Å². The fourth-order valence-electron chi connectivity index (χ4n) is 2.79. The summed E-state index contributed by atoms with van der Waals surface area (Å²) in [6.07, 6.45) is 4.41. The van der Waals surface area contributed by atoms with Crippen molar-refractivity contribution in [1.82, 2.24) is 24.7 Å². The van der Waals surface area contributed by atoms with Crippen LogP contribution in [0.15, 0.2) is 55.0 Å². The molecule has 2 aromatic carbocycles. The number of aryl methyl sites for hydroxylation is 1. The number of rotatable bonds is 3. The van der Waals surface area contributed by atoms with Gasteiger partial charge in [-0.3, -0.25) is 0 Å². The summed E-state index contributed by atoms with van der Waals surface area (Å²) in [5.41, 5.74) is 5.75. The molecule has 2 aromatic heterocycles. The number of hydrogen-bond donors (Lipinski definition) is 1. The van der Waals surface area contributed by atoms with E-state index in [0.29, 0.717) is 11.0 Å². The maximum absolute atomic E-state index is 9.67. The van der Waals surface area contributed by atoms with E-state index in [1.807, 2.05) is 49.8 Å². The molecule has 0 amide bonds. The maximum Gasteiger partial charge on any atom is 0.130 e. The zero-order valence-electron chi connectivity index (χ0n) is 12.6. The van der Waals surface area contributed by atoms with Gasteiger partial charge in [0, 0.05) is 11.9 Å². The van der Waals surface area contributed by atoms with Crippen LogP contribution in [-0.4, -0.2) is 29.9 Å². The van der Waals surface area contributed by atoms with Crippen LogP contribution in [-0.2, 0) is 6.42 Å². The Bertz CT molecular complexity index is 985. The SMILES string of the molecule is Cc1cncn1-c1ccccc1Cc1ccc2nnn(O)c2c1. The summed E-state index contributed by atoms with van der Waals surface area (Å²) < 4.78 is 2.08. The Morgan fingerprint density at radius 1 is 1.13 bits per heavy atom. The fraction of sp³-hybridized carbons (Fsp3) is 0.118. The van der Waals surface area contributed by atoms with Gasteiger partial charge >= 0.3 is 0 Å². The summed E-state index contributed by atoms with van der Waals surface area (Å²) in [6, 6.07) is 14.0. The zero-order valence-corrected chi connectivity index (χ0v) is 12.6. The van der Waals surface area contributed by atoms with Crippen molar-refractivity contribution in [3.05, 3.63) is 71.8 Å². The molecule has 0 unspecified atom stereocenters. The summed E-state index contributed by atoms with van der Waals surface area (Å²) in [4.78, 5) is 5.01. The second-order valence-corrected chi connectivity index (χ2v) is 5.51. The van der Waals surface area contributed by atoms with Crippen molar-refractivity contribution in [1.29, 1.82) is 0 Å². The quantitative estimate of drug-likeness (QED) is 0.591. The molecule has 0 bridgehead atoms. The Morgan fingerprint density at radius 3 is 2.83 bits per heavy atom. The predicted octanol–water partition coefficient (Wildman–Crippen LogP) is 2.75. The lowest BCUT2D eigenvalue weighted by Gasteiger charge is -2.12. The van der Waals surface area contributed by atoms with Gasteiger partial charge in [0.15, 0.2) is 0 Å². The van der Waals surface area contributed by atoms with Crippen LogP contribution in [0.5, 0.6) is 0 Å². The molecule has 1 N–H and O–H groups in total. The number of fused-ring (bicyclic) bond motifs is 1. The van der Waals surface area contributed by atoms with Gasteiger partial charge in [-0.15, -0.1) is 5.10 Å². The monoisotopic (exact) mass is 305 g/mol. The molecule has 6 nitrogen and oxygen atoms in total. The van der Waals surface area contributed by atoms with Crippen molar-refractivity contribution in [2.45, 2.75) is 13.3 Å². The first-order valence-corrected chi connectivity index (χ1v) is 7.33. The number of imidazole rings is 1. The average molecular weight is 305 g/mol.